The number of piperazine rings is 1. The summed E-state index contributed by atoms with van der Waals surface area (Å²) in [6.07, 6.45) is 1.55. The highest BCUT2D eigenvalue weighted by atomic mass is 19.1. The molecule has 0 spiro atoms. The van der Waals surface area contributed by atoms with Gasteiger partial charge >= 0.3 is 0 Å². The van der Waals surface area contributed by atoms with E-state index in [4.69, 9.17) is 0 Å². The first-order valence-electron chi connectivity index (χ1n) is 6.76. The second kappa shape index (κ2) is 6.30. The molecule has 1 saturated heterocycles. The zero-order valence-electron chi connectivity index (χ0n) is 11.1. The second-order valence-electron chi connectivity index (χ2n) is 4.88. The standard InChI is InChI=1S/C14H20F2N2O/c1-2-3-12(18-8-6-17-7-9-18)13-10(15)4-5-11(16)14(13)19/h4-5,12,17,19H,2-3,6-9H2,1H3/t12-/m0/s1. The number of rotatable bonds is 4. The molecule has 0 amide bonds. The van der Waals surface area contributed by atoms with Gasteiger partial charge in [-0.15, -0.1) is 0 Å². The number of hydrogen-bond acceptors (Lipinski definition) is 3. The van der Waals surface area contributed by atoms with E-state index in [1.54, 1.807) is 0 Å². The van der Waals surface area contributed by atoms with E-state index in [-0.39, 0.29) is 11.6 Å². The average molecular weight is 270 g/mol. The Balaban J connectivity index is 2.35. The monoisotopic (exact) mass is 270 g/mol. The molecule has 1 aliphatic rings. The highest BCUT2D eigenvalue weighted by Crippen LogP contribution is 2.35. The van der Waals surface area contributed by atoms with Crippen molar-refractivity contribution in [2.75, 3.05) is 26.2 Å². The van der Waals surface area contributed by atoms with Gasteiger partial charge in [-0.2, -0.15) is 0 Å². The number of nitrogens with zero attached hydrogens (tertiary/aromatic N) is 1. The molecular formula is C14H20F2N2O. The lowest BCUT2D eigenvalue weighted by molar-refractivity contribution is 0.158. The van der Waals surface area contributed by atoms with Crippen molar-refractivity contribution >= 4 is 0 Å². The molecule has 0 radical (unpaired) electrons. The van der Waals surface area contributed by atoms with Crippen LogP contribution in [0.2, 0.25) is 0 Å². The Hall–Kier alpha value is -1.20. The van der Waals surface area contributed by atoms with Crippen LogP contribution in [0.1, 0.15) is 31.4 Å². The molecule has 0 bridgehead atoms. The van der Waals surface area contributed by atoms with E-state index in [9.17, 15) is 13.9 Å². The largest absolute Gasteiger partial charge is 0.505 e. The molecule has 2 N–H and O–H groups in total. The number of aromatic hydroxyl groups is 1. The Morgan fingerprint density at radius 1 is 1.26 bits per heavy atom. The summed E-state index contributed by atoms with van der Waals surface area (Å²) in [5.41, 5.74) is 0.101. The summed E-state index contributed by atoms with van der Waals surface area (Å²) in [6.45, 7) is 5.22. The van der Waals surface area contributed by atoms with Gasteiger partial charge in [0.2, 0.25) is 0 Å². The highest BCUT2D eigenvalue weighted by Gasteiger charge is 2.27. The van der Waals surface area contributed by atoms with Gasteiger partial charge in [-0.25, -0.2) is 8.78 Å². The van der Waals surface area contributed by atoms with Gasteiger partial charge in [0, 0.05) is 37.8 Å². The lowest BCUT2D eigenvalue weighted by Crippen LogP contribution is -2.45. The molecule has 0 aliphatic carbocycles. The molecule has 1 heterocycles. The van der Waals surface area contributed by atoms with Gasteiger partial charge in [0.15, 0.2) is 11.6 Å². The van der Waals surface area contributed by atoms with E-state index in [1.807, 2.05) is 6.92 Å². The van der Waals surface area contributed by atoms with Gasteiger partial charge in [-0.1, -0.05) is 13.3 Å². The molecule has 0 aromatic heterocycles. The molecule has 0 saturated carbocycles. The topological polar surface area (TPSA) is 35.5 Å². The predicted octanol–water partition coefficient (Wildman–Crippen LogP) is 2.42. The maximum absolute atomic E-state index is 14.0. The van der Waals surface area contributed by atoms with Crippen LogP contribution < -0.4 is 5.32 Å². The van der Waals surface area contributed by atoms with Crippen molar-refractivity contribution in [2.24, 2.45) is 0 Å². The van der Waals surface area contributed by atoms with Crippen molar-refractivity contribution in [3.8, 4) is 5.75 Å². The van der Waals surface area contributed by atoms with Crippen molar-refractivity contribution in [1.82, 2.24) is 10.2 Å². The summed E-state index contributed by atoms with van der Waals surface area (Å²) in [6, 6.07) is 1.80. The Morgan fingerprint density at radius 3 is 2.53 bits per heavy atom. The van der Waals surface area contributed by atoms with Crippen molar-refractivity contribution < 1.29 is 13.9 Å². The van der Waals surface area contributed by atoms with Crippen LogP contribution in [-0.2, 0) is 0 Å². The van der Waals surface area contributed by atoms with E-state index >= 15 is 0 Å². The number of hydrogen-bond donors (Lipinski definition) is 2. The number of nitrogens with one attached hydrogen (secondary N) is 1. The van der Waals surface area contributed by atoms with Crippen molar-refractivity contribution in [2.45, 2.75) is 25.8 Å². The third kappa shape index (κ3) is 3.04. The molecular weight excluding hydrogens is 250 g/mol. The third-order valence-corrected chi connectivity index (χ3v) is 3.60. The summed E-state index contributed by atoms with van der Waals surface area (Å²) in [5, 5.41) is 13.1. The third-order valence-electron chi connectivity index (χ3n) is 3.60. The average Bonchev–Trinajstić information content (AvgIpc) is 2.43. The van der Waals surface area contributed by atoms with Gasteiger partial charge in [-0.05, 0) is 18.6 Å². The molecule has 19 heavy (non-hydrogen) atoms. The molecule has 106 valence electrons. The predicted molar refractivity (Wildman–Crippen MR) is 70.1 cm³/mol. The van der Waals surface area contributed by atoms with Crippen LogP contribution in [0, 0.1) is 11.6 Å². The van der Waals surface area contributed by atoms with Gasteiger partial charge in [0.1, 0.15) is 5.82 Å². The van der Waals surface area contributed by atoms with E-state index in [1.165, 1.54) is 0 Å². The summed E-state index contributed by atoms with van der Waals surface area (Å²) in [4.78, 5) is 2.11. The number of phenolic OH excluding ortho intramolecular Hbond substituents is 1. The minimum Gasteiger partial charge on any atom is -0.505 e. The molecule has 1 fully saturated rings. The Kier molecular flexibility index (Phi) is 4.71. The SMILES string of the molecule is CCC[C@@H](c1c(F)ccc(F)c1O)N1CCNCC1. The summed E-state index contributed by atoms with van der Waals surface area (Å²) in [7, 11) is 0. The molecule has 1 atom stereocenters. The first-order valence-corrected chi connectivity index (χ1v) is 6.76. The minimum atomic E-state index is -0.757. The zero-order chi connectivity index (χ0) is 13.8. The Morgan fingerprint density at radius 2 is 1.89 bits per heavy atom. The molecule has 1 aromatic carbocycles. The second-order valence-corrected chi connectivity index (χ2v) is 4.88. The van der Waals surface area contributed by atoms with E-state index < -0.39 is 17.4 Å². The van der Waals surface area contributed by atoms with Gasteiger partial charge in [0.05, 0.1) is 0 Å². The Labute approximate surface area is 112 Å². The highest BCUT2D eigenvalue weighted by molar-refractivity contribution is 5.37. The summed E-state index contributed by atoms with van der Waals surface area (Å²) >= 11 is 0. The number of benzene rings is 1. The van der Waals surface area contributed by atoms with Crippen LogP contribution in [0.5, 0.6) is 5.75 Å². The molecule has 2 rings (SSSR count). The van der Waals surface area contributed by atoms with Crippen LogP contribution >= 0.6 is 0 Å². The molecule has 0 unspecified atom stereocenters. The maximum atomic E-state index is 14.0. The van der Waals surface area contributed by atoms with Gasteiger partial charge in [0.25, 0.3) is 0 Å². The van der Waals surface area contributed by atoms with E-state index in [2.05, 4.69) is 10.2 Å². The lowest BCUT2D eigenvalue weighted by atomic mass is 9.98. The van der Waals surface area contributed by atoms with E-state index in [0.717, 1.165) is 44.7 Å². The molecule has 5 heteroatoms. The smallest absolute Gasteiger partial charge is 0.165 e. The van der Waals surface area contributed by atoms with Gasteiger partial charge < -0.3 is 10.4 Å². The quantitative estimate of drug-likeness (QED) is 0.882. The van der Waals surface area contributed by atoms with Crippen molar-refractivity contribution in [1.29, 1.82) is 0 Å². The first kappa shape index (κ1) is 14.2. The van der Waals surface area contributed by atoms with Gasteiger partial charge in [-0.3, -0.25) is 4.90 Å². The van der Waals surface area contributed by atoms with Crippen LogP contribution in [0.25, 0.3) is 0 Å². The summed E-state index contributed by atoms with van der Waals surface area (Å²) < 4.78 is 27.5. The first-order chi connectivity index (χ1) is 9.15. The normalized spacial score (nSPS) is 18.5. The van der Waals surface area contributed by atoms with Crippen LogP contribution in [0.4, 0.5) is 8.78 Å². The molecule has 1 aliphatic heterocycles. The van der Waals surface area contributed by atoms with E-state index in [0.29, 0.717) is 6.42 Å². The lowest BCUT2D eigenvalue weighted by Gasteiger charge is -2.35. The fourth-order valence-electron chi connectivity index (χ4n) is 2.65. The zero-order valence-corrected chi connectivity index (χ0v) is 11.1. The summed E-state index contributed by atoms with van der Waals surface area (Å²) in [5.74, 6) is -1.83. The fraction of sp³-hybridized carbons (Fsp3) is 0.571. The van der Waals surface area contributed by atoms with Crippen LogP contribution in [0.3, 0.4) is 0 Å². The van der Waals surface area contributed by atoms with Crippen molar-refractivity contribution in [3.05, 3.63) is 29.3 Å². The van der Waals surface area contributed by atoms with Crippen molar-refractivity contribution in [3.63, 3.8) is 0 Å². The Bertz CT molecular complexity index is 434. The minimum absolute atomic E-state index is 0.101. The number of halogens is 2. The van der Waals surface area contributed by atoms with Crippen LogP contribution in [0.15, 0.2) is 12.1 Å². The molecule has 1 aromatic rings. The fourth-order valence-corrected chi connectivity index (χ4v) is 2.65. The molecule has 3 nitrogen and oxygen atoms in total. The van der Waals surface area contributed by atoms with Crippen LogP contribution in [-0.4, -0.2) is 36.2 Å². The number of phenols is 1. The maximum Gasteiger partial charge on any atom is 0.165 e.